The number of rotatable bonds is 7. The van der Waals surface area contributed by atoms with Gasteiger partial charge in [0, 0.05) is 18.2 Å². The molecule has 0 saturated heterocycles. The zero-order chi connectivity index (χ0) is 18.4. The van der Waals surface area contributed by atoms with Gasteiger partial charge in [-0.05, 0) is 31.0 Å². The first-order valence-electron chi connectivity index (χ1n) is 7.45. The molecule has 25 heavy (non-hydrogen) atoms. The van der Waals surface area contributed by atoms with Gasteiger partial charge in [-0.2, -0.15) is 18.3 Å². The summed E-state index contributed by atoms with van der Waals surface area (Å²) in [5.41, 5.74) is 1.57. The number of halogens is 3. The smallest absolute Gasteiger partial charge is 0.422 e. The number of nitrogens with one attached hydrogen (secondary N) is 2. The third kappa shape index (κ3) is 6.02. The molecule has 2 aromatic rings. The van der Waals surface area contributed by atoms with E-state index >= 15 is 0 Å². The Balaban J connectivity index is 1.92. The first-order chi connectivity index (χ1) is 11.8. The van der Waals surface area contributed by atoms with Crippen LogP contribution in [0.5, 0.6) is 11.5 Å². The van der Waals surface area contributed by atoms with Crippen molar-refractivity contribution in [2.24, 2.45) is 0 Å². The van der Waals surface area contributed by atoms with Crippen molar-refractivity contribution in [1.82, 2.24) is 10.2 Å². The summed E-state index contributed by atoms with van der Waals surface area (Å²) in [6, 6.07) is 6.25. The van der Waals surface area contributed by atoms with E-state index in [-0.39, 0.29) is 23.8 Å². The van der Waals surface area contributed by atoms with Gasteiger partial charge in [0.15, 0.2) is 23.9 Å². The van der Waals surface area contributed by atoms with E-state index in [2.05, 4.69) is 15.5 Å². The lowest BCUT2D eigenvalue weighted by Gasteiger charge is -2.13. The van der Waals surface area contributed by atoms with Gasteiger partial charge in [0.05, 0.1) is 7.11 Å². The Morgan fingerprint density at radius 2 is 2.04 bits per heavy atom. The van der Waals surface area contributed by atoms with Crippen LogP contribution in [0.25, 0.3) is 0 Å². The molecule has 136 valence electrons. The summed E-state index contributed by atoms with van der Waals surface area (Å²) in [6.07, 6.45) is -3.84. The van der Waals surface area contributed by atoms with E-state index in [9.17, 15) is 18.0 Å². The van der Waals surface area contributed by atoms with Crippen LogP contribution in [0.15, 0.2) is 24.3 Å². The zero-order valence-corrected chi connectivity index (χ0v) is 13.7. The van der Waals surface area contributed by atoms with Crippen LogP contribution in [0.3, 0.4) is 0 Å². The molecule has 0 fully saturated rings. The van der Waals surface area contributed by atoms with E-state index in [1.165, 1.54) is 13.2 Å². The van der Waals surface area contributed by atoms with Gasteiger partial charge in [0.2, 0.25) is 5.91 Å². The van der Waals surface area contributed by atoms with E-state index in [0.717, 1.165) is 11.3 Å². The second-order valence-electron chi connectivity index (χ2n) is 5.37. The first-order valence-corrected chi connectivity index (χ1v) is 7.45. The second kappa shape index (κ2) is 7.91. The highest BCUT2D eigenvalue weighted by Gasteiger charge is 2.29. The lowest BCUT2D eigenvalue weighted by molar-refractivity contribution is -0.153. The van der Waals surface area contributed by atoms with Crippen LogP contribution in [0.1, 0.15) is 17.7 Å². The number of hydrogen-bond donors (Lipinski definition) is 2. The van der Waals surface area contributed by atoms with Gasteiger partial charge in [-0.25, -0.2) is 0 Å². The van der Waals surface area contributed by atoms with Crippen LogP contribution in [0.4, 0.5) is 19.0 Å². The Morgan fingerprint density at radius 1 is 1.28 bits per heavy atom. The van der Waals surface area contributed by atoms with E-state index in [0.29, 0.717) is 12.2 Å². The highest BCUT2D eigenvalue weighted by Crippen LogP contribution is 2.30. The molecule has 2 N–H and O–H groups in total. The minimum atomic E-state index is -4.42. The van der Waals surface area contributed by atoms with Crippen LogP contribution < -0.4 is 14.8 Å². The van der Waals surface area contributed by atoms with Crippen molar-refractivity contribution in [3.05, 3.63) is 35.5 Å². The quantitative estimate of drug-likeness (QED) is 0.798. The molecule has 1 amide bonds. The summed E-state index contributed by atoms with van der Waals surface area (Å²) < 4.78 is 46.4. The number of benzene rings is 1. The van der Waals surface area contributed by atoms with Crippen molar-refractivity contribution in [1.29, 1.82) is 0 Å². The number of alkyl halides is 3. The van der Waals surface area contributed by atoms with Crippen LogP contribution in [-0.2, 0) is 11.2 Å². The molecule has 0 saturated carbocycles. The molecule has 0 unspecified atom stereocenters. The SMILES string of the molecule is COc1cc(CCC(=O)Nc2cc(C)[nH]n2)ccc1OCC(F)(F)F. The summed E-state index contributed by atoms with van der Waals surface area (Å²) in [5, 5.41) is 9.27. The van der Waals surface area contributed by atoms with E-state index < -0.39 is 12.8 Å². The lowest BCUT2D eigenvalue weighted by atomic mass is 10.1. The fraction of sp³-hybridized carbons (Fsp3) is 0.375. The fourth-order valence-electron chi connectivity index (χ4n) is 2.09. The molecule has 1 aromatic heterocycles. The molecule has 0 aliphatic carbocycles. The normalized spacial score (nSPS) is 11.2. The van der Waals surface area contributed by atoms with E-state index in [1.807, 2.05) is 6.92 Å². The summed E-state index contributed by atoms with van der Waals surface area (Å²) in [7, 11) is 1.34. The predicted molar refractivity (Wildman–Crippen MR) is 84.8 cm³/mol. The van der Waals surface area contributed by atoms with Crippen molar-refractivity contribution in [3.8, 4) is 11.5 Å². The van der Waals surface area contributed by atoms with Gasteiger partial charge in [-0.15, -0.1) is 0 Å². The number of ether oxygens (including phenoxy) is 2. The van der Waals surface area contributed by atoms with Crippen LogP contribution in [0.2, 0.25) is 0 Å². The van der Waals surface area contributed by atoms with Gasteiger partial charge in [-0.3, -0.25) is 9.89 Å². The Bertz CT molecular complexity index is 729. The Kier molecular flexibility index (Phi) is 5.89. The number of H-pyrrole nitrogens is 1. The largest absolute Gasteiger partial charge is 0.493 e. The predicted octanol–water partition coefficient (Wildman–Crippen LogP) is 3.24. The number of aryl methyl sites for hydroxylation is 2. The molecule has 2 rings (SSSR count). The maximum Gasteiger partial charge on any atom is 0.422 e. The summed E-state index contributed by atoms with van der Waals surface area (Å²) >= 11 is 0. The number of methoxy groups -OCH3 is 1. The third-order valence-corrected chi connectivity index (χ3v) is 3.23. The molecule has 1 aromatic carbocycles. The van der Waals surface area contributed by atoms with Crippen molar-refractivity contribution in [2.45, 2.75) is 25.9 Å². The molecule has 0 radical (unpaired) electrons. The highest BCUT2D eigenvalue weighted by atomic mass is 19.4. The maximum atomic E-state index is 12.2. The number of carbonyl (C=O) groups is 1. The lowest BCUT2D eigenvalue weighted by Crippen LogP contribution is -2.19. The topological polar surface area (TPSA) is 76.2 Å². The van der Waals surface area contributed by atoms with Crippen LogP contribution in [0, 0.1) is 6.92 Å². The average molecular weight is 357 g/mol. The average Bonchev–Trinajstić information content (AvgIpc) is 2.95. The molecule has 9 heteroatoms. The van der Waals surface area contributed by atoms with Gasteiger partial charge >= 0.3 is 6.18 Å². The minimum absolute atomic E-state index is 0.0000227. The third-order valence-electron chi connectivity index (χ3n) is 3.23. The maximum absolute atomic E-state index is 12.2. The standard InChI is InChI=1S/C16H18F3N3O3/c1-10-7-14(22-21-10)20-15(23)6-4-11-3-5-12(13(8-11)24-2)25-9-16(17,18)19/h3,5,7-8H,4,6,9H2,1-2H3,(H2,20,21,22,23). The van der Waals surface area contributed by atoms with Crippen molar-refractivity contribution in [2.75, 3.05) is 19.0 Å². The molecule has 6 nitrogen and oxygen atoms in total. The monoisotopic (exact) mass is 357 g/mol. The Hall–Kier alpha value is -2.71. The Labute approximate surface area is 142 Å². The second-order valence-corrected chi connectivity index (χ2v) is 5.37. The van der Waals surface area contributed by atoms with Crippen molar-refractivity contribution in [3.63, 3.8) is 0 Å². The number of carbonyl (C=O) groups excluding carboxylic acids is 1. The zero-order valence-electron chi connectivity index (χ0n) is 13.7. The van der Waals surface area contributed by atoms with E-state index in [4.69, 9.17) is 9.47 Å². The summed E-state index contributed by atoms with van der Waals surface area (Å²) in [6.45, 7) is 0.422. The minimum Gasteiger partial charge on any atom is -0.493 e. The fourth-order valence-corrected chi connectivity index (χ4v) is 2.09. The van der Waals surface area contributed by atoms with Crippen LogP contribution >= 0.6 is 0 Å². The number of anilines is 1. The van der Waals surface area contributed by atoms with Gasteiger partial charge < -0.3 is 14.8 Å². The molecular weight excluding hydrogens is 339 g/mol. The number of amides is 1. The number of aromatic nitrogens is 2. The van der Waals surface area contributed by atoms with Crippen LogP contribution in [-0.4, -0.2) is 36.0 Å². The molecule has 1 heterocycles. The molecule has 0 atom stereocenters. The van der Waals surface area contributed by atoms with Gasteiger partial charge in [0.1, 0.15) is 0 Å². The van der Waals surface area contributed by atoms with E-state index in [1.54, 1.807) is 18.2 Å². The molecule has 0 bridgehead atoms. The van der Waals surface area contributed by atoms with Crippen molar-refractivity contribution < 1.29 is 27.4 Å². The highest BCUT2D eigenvalue weighted by molar-refractivity contribution is 5.89. The summed E-state index contributed by atoms with van der Waals surface area (Å²) in [5.74, 6) is 0.406. The molecule has 0 aliphatic rings. The molecule has 0 spiro atoms. The first kappa shape index (κ1) is 18.6. The van der Waals surface area contributed by atoms with Crippen molar-refractivity contribution >= 4 is 11.7 Å². The molecular formula is C16H18F3N3O3. The number of aromatic amines is 1. The molecule has 0 aliphatic heterocycles. The van der Waals surface area contributed by atoms with Gasteiger partial charge in [-0.1, -0.05) is 6.07 Å². The summed E-state index contributed by atoms with van der Waals surface area (Å²) in [4.78, 5) is 11.9. The number of nitrogens with zero attached hydrogens (tertiary/aromatic N) is 1. The Morgan fingerprint density at radius 3 is 2.64 bits per heavy atom. The van der Waals surface area contributed by atoms with Gasteiger partial charge in [0.25, 0.3) is 0 Å². The number of hydrogen-bond acceptors (Lipinski definition) is 4.